The minimum absolute atomic E-state index is 0.0384. The average Bonchev–Trinajstić information content (AvgIpc) is 2.48. The lowest BCUT2D eigenvalue weighted by atomic mass is 9.96. The Balaban J connectivity index is 2.01. The van der Waals surface area contributed by atoms with Gasteiger partial charge in [-0.1, -0.05) is 30.3 Å². The first-order chi connectivity index (χ1) is 10.4. The van der Waals surface area contributed by atoms with Crippen LogP contribution in [0.3, 0.4) is 0 Å². The van der Waals surface area contributed by atoms with E-state index in [1.54, 1.807) is 25.1 Å². The highest BCUT2D eigenvalue weighted by Gasteiger charge is 2.23. The van der Waals surface area contributed by atoms with Crippen molar-refractivity contribution in [3.63, 3.8) is 0 Å². The van der Waals surface area contributed by atoms with E-state index in [0.29, 0.717) is 11.1 Å². The second-order valence-corrected chi connectivity index (χ2v) is 5.27. The molecule has 2 rings (SSSR count). The van der Waals surface area contributed by atoms with Crippen molar-refractivity contribution in [3.05, 3.63) is 75.6 Å². The highest BCUT2D eigenvalue weighted by atomic mass is 19.1. The van der Waals surface area contributed by atoms with E-state index >= 15 is 0 Å². The summed E-state index contributed by atoms with van der Waals surface area (Å²) in [5.74, 6) is -0.368. The van der Waals surface area contributed by atoms with Crippen molar-refractivity contribution in [2.45, 2.75) is 19.1 Å². The van der Waals surface area contributed by atoms with Crippen molar-refractivity contribution >= 4 is 5.69 Å². The summed E-state index contributed by atoms with van der Waals surface area (Å²) in [6, 6.07) is 12.0. The van der Waals surface area contributed by atoms with Gasteiger partial charge in [0.15, 0.2) is 0 Å². The number of nitrogens with one attached hydrogen (secondary N) is 1. The molecule has 0 aliphatic carbocycles. The van der Waals surface area contributed by atoms with E-state index in [0.717, 1.165) is 0 Å². The third-order valence-corrected chi connectivity index (χ3v) is 3.44. The molecule has 1 unspecified atom stereocenters. The number of nitrogens with zero attached hydrogens (tertiary/aromatic N) is 1. The molecule has 0 saturated heterocycles. The maximum Gasteiger partial charge on any atom is 0.273 e. The van der Waals surface area contributed by atoms with E-state index in [-0.39, 0.29) is 24.6 Å². The van der Waals surface area contributed by atoms with Crippen molar-refractivity contribution in [3.8, 4) is 0 Å². The Kier molecular flexibility index (Phi) is 4.85. The number of halogens is 1. The number of benzene rings is 2. The van der Waals surface area contributed by atoms with Gasteiger partial charge in [0, 0.05) is 24.7 Å². The highest BCUT2D eigenvalue weighted by molar-refractivity contribution is 5.39. The summed E-state index contributed by atoms with van der Waals surface area (Å²) in [4.78, 5) is 10.5. The van der Waals surface area contributed by atoms with E-state index in [9.17, 15) is 19.6 Å². The molecule has 6 heteroatoms. The molecule has 0 aromatic heterocycles. The summed E-state index contributed by atoms with van der Waals surface area (Å²) in [5, 5.41) is 24.3. The van der Waals surface area contributed by atoms with Crippen molar-refractivity contribution in [1.82, 2.24) is 5.32 Å². The monoisotopic (exact) mass is 304 g/mol. The van der Waals surface area contributed by atoms with Crippen LogP contribution in [-0.2, 0) is 12.1 Å². The van der Waals surface area contributed by atoms with Crippen LogP contribution in [0.25, 0.3) is 0 Å². The molecule has 5 nitrogen and oxygen atoms in total. The van der Waals surface area contributed by atoms with Gasteiger partial charge in [-0.3, -0.25) is 10.1 Å². The fourth-order valence-corrected chi connectivity index (χ4v) is 2.19. The number of aliphatic hydroxyl groups is 1. The molecule has 0 spiro atoms. The van der Waals surface area contributed by atoms with Gasteiger partial charge >= 0.3 is 0 Å². The molecule has 0 bridgehead atoms. The molecule has 0 aliphatic rings. The Hall–Kier alpha value is -2.31. The maximum atomic E-state index is 12.9. The zero-order chi connectivity index (χ0) is 16.2. The van der Waals surface area contributed by atoms with Crippen LogP contribution in [0.2, 0.25) is 0 Å². The molecule has 2 aromatic carbocycles. The number of rotatable bonds is 6. The first-order valence-corrected chi connectivity index (χ1v) is 6.81. The zero-order valence-corrected chi connectivity index (χ0v) is 12.1. The van der Waals surface area contributed by atoms with Crippen molar-refractivity contribution in [1.29, 1.82) is 0 Å². The van der Waals surface area contributed by atoms with Gasteiger partial charge in [0.05, 0.1) is 10.5 Å². The lowest BCUT2D eigenvalue weighted by molar-refractivity contribution is -0.385. The molecule has 116 valence electrons. The first-order valence-electron chi connectivity index (χ1n) is 6.81. The minimum Gasteiger partial charge on any atom is -0.384 e. The molecule has 0 radical (unpaired) electrons. The fourth-order valence-electron chi connectivity index (χ4n) is 2.19. The van der Waals surface area contributed by atoms with Crippen LogP contribution in [0, 0.1) is 15.9 Å². The number of para-hydroxylation sites is 1. The van der Waals surface area contributed by atoms with Gasteiger partial charge < -0.3 is 10.4 Å². The molecule has 0 aliphatic heterocycles. The minimum atomic E-state index is -1.20. The molecule has 0 saturated carbocycles. The van der Waals surface area contributed by atoms with E-state index in [1.165, 1.54) is 30.3 Å². The van der Waals surface area contributed by atoms with Gasteiger partial charge in [0.2, 0.25) is 0 Å². The van der Waals surface area contributed by atoms with Crippen LogP contribution in [0.15, 0.2) is 48.5 Å². The van der Waals surface area contributed by atoms with Crippen molar-refractivity contribution < 1.29 is 14.4 Å². The Morgan fingerprint density at radius 2 is 1.86 bits per heavy atom. The first kappa shape index (κ1) is 16.1. The standard InChI is InChI=1S/C16H17FN2O3/c1-16(20,13-6-8-14(17)9-7-13)11-18-10-12-4-2-3-5-15(12)19(21)22/h2-9,18,20H,10-11H2,1H3. The average molecular weight is 304 g/mol. The van der Waals surface area contributed by atoms with Crippen molar-refractivity contribution in [2.24, 2.45) is 0 Å². The smallest absolute Gasteiger partial charge is 0.273 e. The topological polar surface area (TPSA) is 75.4 Å². The van der Waals surface area contributed by atoms with Gasteiger partial charge in [-0.15, -0.1) is 0 Å². The Bertz CT molecular complexity index is 657. The molecule has 2 N–H and O–H groups in total. The van der Waals surface area contributed by atoms with E-state index in [1.807, 2.05) is 0 Å². The normalized spacial score (nSPS) is 13.6. The molecule has 2 aromatic rings. The predicted octanol–water partition coefficient (Wildman–Crippen LogP) is 2.73. The Morgan fingerprint density at radius 1 is 1.23 bits per heavy atom. The van der Waals surface area contributed by atoms with Crippen LogP contribution in [0.4, 0.5) is 10.1 Å². The van der Waals surface area contributed by atoms with E-state index < -0.39 is 10.5 Å². The predicted molar refractivity (Wildman–Crippen MR) is 80.8 cm³/mol. The second-order valence-electron chi connectivity index (χ2n) is 5.27. The number of nitro groups is 1. The summed E-state index contributed by atoms with van der Waals surface area (Å²) in [6.07, 6.45) is 0. The summed E-state index contributed by atoms with van der Waals surface area (Å²) in [6.45, 7) is 2.05. The third-order valence-electron chi connectivity index (χ3n) is 3.44. The lowest BCUT2D eigenvalue weighted by Crippen LogP contribution is -2.35. The molecule has 1 atom stereocenters. The quantitative estimate of drug-likeness (QED) is 0.635. The van der Waals surface area contributed by atoms with Crippen LogP contribution >= 0.6 is 0 Å². The summed E-state index contributed by atoms with van der Waals surface area (Å²) >= 11 is 0. The molecule has 0 heterocycles. The Morgan fingerprint density at radius 3 is 2.50 bits per heavy atom. The SMILES string of the molecule is CC(O)(CNCc1ccccc1[N+](=O)[O-])c1ccc(F)cc1. The van der Waals surface area contributed by atoms with Gasteiger partial charge in [-0.05, 0) is 24.6 Å². The molecular formula is C16H17FN2O3. The summed E-state index contributed by atoms with van der Waals surface area (Å²) in [5.41, 5.74) is -0.0418. The number of nitro benzene ring substituents is 1. The highest BCUT2D eigenvalue weighted by Crippen LogP contribution is 2.21. The van der Waals surface area contributed by atoms with Gasteiger partial charge in [0.1, 0.15) is 5.82 Å². The van der Waals surface area contributed by atoms with E-state index in [2.05, 4.69) is 5.32 Å². The van der Waals surface area contributed by atoms with Crippen LogP contribution < -0.4 is 5.32 Å². The van der Waals surface area contributed by atoms with Gasteiger partial charge in [-0.2, -0.15) is 0 Å². The van der Waals surface area contributed by atoms with Crippen LogP contribution in [0.5, 0.6) is 0 Å². The molecule has 22 heavy (non-hydrogen) atoms. The number of hydrogen-bond acceptors (Lipinski definition) is 4. The molecular weight excluding hydrogens is 287 g/mol. The van der Waals surface area contributed by atoms with Gasteiger partial charge in [0.25, 0.3) is 5.69 Å². The molecule has 0 fully saturated rings. The van der Waals surface area contributed by atoms with Crippen molar-refractivity contribution in [2.75, 3.05) is 6.54 Å². The van der Waals surface area contributed by atoms with E-state index in [4.69, 9.17) is 0 Å². The second kappa shape index (κ2) is 6.64. The Labute approximate surface area is 127 Å². The maximum absolute atomic E-state index is 12.9. The fraction of sp³-hybridized carbons (Fsp3) is 0.250. The zero-order valence-electron chi connectivity index (χ0n) is 12.1. The summed E-state index contributed by atoms with van der Waals surface area (Å²) in [7, 11) is 0. The third kappa shape index (κ3) is 3.87. The summed E-state index contributed by atoms with van der Waals surface area (Å²) < 4.78 is 12.9. The van der Waals surface area contributed by atoms with Crippen LogP contribution in [-0.4, -0.2) is 16.6 Å². The van der Waals surface area contributed by atoms with Crippen LogP contribution in [0.1, 0.15) is 18.1 Å². The molecule has 0 amide bonds. The number of hydrogen-bond donors (Lipinski definition) is 2. The largest absolute Gasteiger partial charge is 0.384 e. The van der Waals surface area contributed by atoms with Gasteiger partial charge in [-0.25, -0.2) is 4.39 Å². The lowest BCUT2D eigenvalue weighted by Gasteiger charge is -2.24.